The fourth-order valence-corrected chi connectivity index (χ4v) is 4.77. The molecule has 0 bridgehead atoms. The number of rotatable bonds is 5. The summed E-state index contributed by atoms with van der Waals surface area (Å²) in [7, 11) is 5.19. The third-order valence-electron chi connectivity index (χ3n) is 5.52. The van der Waals surface area contributed by atoms with Gasteiger partial charge in [-0.25, -0.2) is 24.7 Å². The second-order valence-corrected chi connectivity index (χ2v) is 9.07. The zero-order valence-electron chi connectivity index (χ0n) is 19.4. The van der Waals surface area contributed by atoms with Gasteiger partial charge in [-0.3, -0.25) is 0 Å². The third kappa shape index (κ3) is 4.19. The molecular weight excluding hydrogens is 462 g/mol. The van der Waals surface area contributed by atoms with Crippen LogP contribution < -0.4 is 5.73 Å². The van der Waals surface area contributed by atoms with Crippen LogP contribution in [0.1, 0.15) is 17.5 Å². The summed E-state index contributed by atoms with van der Waals surface area (Å²) < 4.78 is 7.85. The second-order valence-electron chi connectivity index (χ2n) is 8.09. The third-order valence-corrected chi connectivity index (χ3v) is 6.49. The number of hydrogen-bond acceptors (Lipinski definition) is 8. The van der Waals surface area contributed by atoms with Crippen LogP contribution in [-0.2, 0) is 11.8 Å². The number of nitrogens with two attached hydrogens (primary N) is 1. The molecule has 3 heterocycles. The molecule has 1 unspecified atom stereocenters. The van der Waals surface area contributed by atoms with Gasteiger partial charge < -0.3 is 19.9 Å². The first-order chi connectivity index (χ1) is 16.9. The van der Waals surface area contributed by atoms with E-state index in [1.54, 1.807) is 14.1 Å². The Labute approximate surface area is 205 Å². The predicted octanol–water partition coefficient (Wildman–Crippen LogP) is 4.52. The summed E-state index contributed by atoms with van der Waals surface area (Å²) in [4.78, 5) is 32.9. The molecule has 0 radical (unpaired) electrons. The van der Waals surface area contributed by atoms with Gasteiger partial charge in [-0.2, -0.15) is 0 Å². The molecule has 0 spiro atoms. The maximum atomic E-state index is 12.6. The number of carbonyl (C=O) groups excluding carboxylic acids is 1. The molecule has 1 amide bonds. The SMILES string of the molecule is CN(C)C(=O)OC(c1ccccc1)c1nc(-c2ccccc2)c(-c2nc3c(N)ncnc3s2)n1C. The lowest BCUT2D eigenvalue weighted by Crippen LogP contribution is -2.26. The molecule has 176 valence electrons. The molecule has 3 aromatic heterocycles. The first kappa shape index (κ1) is 22.5. The summed E-state index contributed by atoms with van der Waals surface area (Å²) in [5.41, 5.74) is 9.81. The maximum absolute atomic E-state index is 12.6. The highest BCUT2D eigenvalue weighted by atomic mass is 32.1. The first-order valence-corrected chi connectivity index (χ1v) is 11.7. The van der Waals surface area contributed by atoms with Crippen molar-refractivity contribution >= 4 is 33.6 Å². The van der Waals surface area contributed by atoms with Crippen LogP contribution in [0.2, 0.25) is 0 Å². The van der Waals surface area contributed by atoms with Gasteiger partial charge in [0, 0.05) is 32.3 Å². The number of carbonyl (C=O) groups is 1. The van der Waals surface area contributed by atoms with Crippen LogP contribution in [0.4, 0.5) is 10.6 Å². The Morgan fingerprint density at radius 3 is 2.37 bits per heavy atom. The number of nitrogens with zero attached hydrogens (tertiary/aromatic N) is 6. The number of amides is 1. The lowest BCUT2D eigenvalue weighted by atomic mass is 10.1. The standard InChI is InChI=1S/C25H23N7O2S/c1-31(2)25(33)34-20(16-12-8-5-9-13-16)22-29-17(15-10-6-4-7-11-15)19(32(22)3)24-30-18-21(26)27-14-28-23(18)35-24/h4-14,20H,1-3H3,(H2,26,27,28). The highest BCUT2D eigenvalue weighted by molar-refractivity contribution is 7.21. The van der Waals surface area contributed by atoms with E-state index in [9.17, 15) is 4.79 Å². The average Bonchev–Trinajstić information content (AvgIpc) is 3.45. The quantitative estimate of drug-likeness (QED) is 0.389. The molecule has 35 heavy (non-hydrogen) atoms. The lowest BCUT2D eigenvalue weighted by molar-refractivity contribution is 0.0865. The number of nitrogen functional groups attached to an aromatic ring is 1. The van der Waals surface area contributed by atoms with E-state index in [4.69, 9.17) is 20.4 Å². The molecule has 0 aliphatic rings. The van der Waals surface area contributed by atoms with E-state index in [1.165, 1.54) is 22.6 Å². The van der Waals surface area contributed by atoms with Crippen LogP contribution in [-0.4, -0.2) is 49.6 Å². The van der Waals surface area contributed by atoms with Gasteiger partial charge in [-0.1, -0.05) is 72.0 Å². The van der Waals surface area contributed by atoms with Crippen LogP contribution in [0, 0.1) is 0 Å². The van der Waals surface area contributed by atoms with Gasteiger partial charge in [0.05, 0.1) is 5.69 Å². The average molecular weight is 486 g/mol. The van der Waals surface area contributed by atoms with Crippen molar-refractivity contribution in [2.45, 2.75) is 6.10 Å². The highest BCUT2D eigenvalue weighted by Gasteiger charge is 2.29. The van der Waals surface area contributed by atoms with Crippen molar-refractivity contribution in [3.8, 4) is 22.0 Å². The highest BCUT2D eigenvalue weighted by Crippen LogP contribution is 2.39. The van der Waals surface area contributed by atoms with Gasteiger partial charge in [-0.05, 0) is 0 Å². The minimum atomic E-state index is -0.730. The number of ether oxygens (including phenoxy) is 1. The smallest absolute Gasteiger partial charge is 0.410 e. The summed E-state index contributed by atoms with van der Waals surface area (Å²) in [5.74, 6) is 0.891. The number of aromatic nitrogens is 5. The summed E-state index contributed by atoms with van der Waals surface area (Å²) >= 11 is 1.41. The van der Waals surface area contributed by atoms with Crippen molar-refractivity contribution in [1.29, 1.82) is 0 Å². The molecule has 9 nitrogen and oxygen atoms in total. The van der Waals surface area contributed by atoms with Crippen LogP contribution >= 0.6 is 11.3 Å². The summed E-state index contributed by atoms with van der Waals surface area (Å²) in [6.07, 6.45) is 0.234. The molecule has 2 N–H and O–H groups in total. The largest absolute Gasteiger partial charge is 0.433 e. The van der Waals surface area contributed by atoms with E-state index in [0.29, 0.717) is 27.0 Å². The van der Waals surface area contributed by atoms with E-state index >= 15 is 0 Å². The Morgan fingerprint density at radius 2 is 1.71 bits per heavy atom. The molecule has 0 fully saturated rings. The Bertz CT molecular complexity index is 1500. The van der Waals surface area contributed by atoms with Gasteiger partial charge in [0.2, 0.25) is 0 Å². The zero-order chi connectivity index (χ0) is 24.5. The van der Waals surface area contributed by atoms with Gasteiger partial charge in [0.1, 0.15) is 27.4 Å². The molecule has 0 saturated carbocycles. The van der Waals surface area contributed by atoms with Gasteiger partial charge in [0.25, 0.3) is 0 Å². The Balaban J connectivity index is 1.74. The summed E-state index contributed by atoms with van der Waals surface area (Å²) in [5, 5.41) is 0.693. The Kier molecular flexibility index (Phi) is 5.87. The van der Waals surface area contributed by atoms with Crippen molar-refractivity contribution in [2.24, 2.45) is 7.05 Å². The topological polar surface area (TPSA) is 112 Å². The number of fused-ring (bicyclic) bond motifs is 1. The molecule has 5 aromatic rings. The van der Waals surface area contributed by atoms with Crippen molar-refractivity contribution in [2.75, 3.05) is 19.8 Å². The molecular formula is C25H23N7O2S. The Hall–Kier alpha value is -4.31. The predicted molar refractivity (Wildman–Crippen MR) is 136 cm³/mol. The molecule has 0 aliphatic heterocycles. The van der Waals surface area contributed by atoms with Crippen LogP contribution in [0.25, 0.3) is 32.3 Å². The lowest BCUT2D eigenvalue weighted by Gasteiger charge is -2.20. The van der Waals surface area contributed by atoms with E-state index in [1.807, 2.05) is 72.3 Å². The second kappa shape index (κ2) is 9.15. The maximum Gasteiger partial charge on any atom is 0.410 e. The minimum absolute atomic E-state index is 0.322. The molecule has 10 heteroatoms. The van der Waals surface area contributed by atoms with E-state index in [0.717, 1.165) is 22.5 Å². The fraction of sp³-hybridized carbons (Fsp3) is 0.160. The van der Waals surface area contributed by atoms with Crippen molar-refractivity contribution in [1.82, 2.24) is 29.4 Å². The Morgan fingerprint density at radius 1 is 1.03 bits per heavy atom. The normalized spacial score (nSPS) is 12.0. The molecule has 0 saturated heterocycles. The molecule has 0 aliphatic carbocycles. The zero-order valence-corrected chi connectivity index (χ0v) is 20.2. The first-order valence-electron chi connectivity index (χ1n) is 10.9. The van der Waals surface area contributed by atoms with Crippen molar-refractivity contribution < 1.29 is 9.53 Å². The monoisotopic (exact) mass is 485 g/mol. The molecule has 5 rings (SSSR count). The number of thiazole rings is 1. The number of benzene rings is 2. The van der Waals surface area contributed by atoms with E-state index < -0.39 is 12.2 Å². The number of anilines is 1. The molecule has 2 aromatic carbocycles. The van der Waals surface area contributed by atoms with Gasteiger partial charge >= 0.3 is 6.09 Å². The minimum Gasteiger partial charge on any atom is -0.433 e. The van der Waals surface area contributed by atoms with Crippen LogP contribution in [0.15, 0.2) is 67.0 Å². The van der Waals surface area contributed by atoms with Gasteiger partial charge in [0.15, 0.2) is 17.7 Å². The fourth-order valence-electron chi connectivity index (χ4n) is 3.77. The molecule has 1 atom stereocenters. The van der Waals surface area contributed by atoms with Gasteiger partial charge in [-0.15, -0.1) is 0 Å². The van der Waals surface area contributed by atoms with E-state index in [-0.39, 0.29) is 0 Å². The number of hydrogen-bond donors (Lipinski definition) is 1. The van der Waals surface area contributed by atoms with E-state index in [2.05, 4.69) is 9.97 Å². The van der Waals surface area contributed by atoms with Crippen molar-refractivity contribution in [3.05, 3.63) is 78.4 Å². The van der Waals surface area contributed by atoms with Crippen molar-refractivity contribution in [3.63, 3.8) is 0 Å². The number of imidazole rings is 1. The van der Waals surface area contributed by atoms with Crippen LogP contribution in [0.3, 0.4) is 0 Å². The summed E-state index contributed by atoms with van der Waals surface area (Å²) in [6, 6.07) is 19.4. The van der Waals surface area contributed by atoms with Crippen LogP contribution in [0.5, 0.6) is 0 Å². The summed E-state index contributed by atoms with van der Waals surface area (Å²) in [6.45, 7) is 0.